The van der Waals surface area contributed by atoms with Crippen LogP contribution in [0.3, 0.4) is 0 Å². The van der Waals surface area contributed by atoms with Crippen LogP contribution >= 0.6 is 0 Å². The fourth-order valence-electron chi connectivity index (χ4n) is 3.53. The zero-order chi connectivity index (χ0) is 14.4. The SMILES string of the molecule is O=C(c1cc2c3c(c1)CCN3C(=O)CC2)N1CCOCC1. The van der Waals surface area contributed by atoms with Gasteiger partial charge in [0.2, 0.25) is 5.91 Å². The molecule has 1 fully saturated rings. The van der Waals surface area contributed by atoms with Crippen LogP contribution in [0.2, 0.25) is 0 Å². The molecule has 0 aliphatic carbocycles. The molecule has 0 bridgehead atoms. The van der Waals surface area contributed by atoms with Crippen LogP contribution in [0.4, 0.5) is 5.69 Å². The summed E-state index contributed by atoms with van der Waals surface area (Å²) in [6.45, 7) is 3.32. The molecular weight excluding hydrogens is 268 g/mol. The summed E-state index contributed by atoms with van der Waals surface area (Å²) in [5.74, 6) is 0.307. The van der Waals surface area contributed by atoms with E-state index in [1.165, 1.54) is 0 Å². The van der Waals surface area contributed by atoms with Gasteiger partial charge in [-0.25, -0.2) is 0 Å². The molecule has 4 rings (SSSR count). The highest BCUT2D eigenvalue weighted by molar-refractivity contribution is 6.01. The first-order valence-corrected chi connectivity index (χ1v) is 7.57. The molecule has 1 aromatic carbocycles. The van der Waals surface area contributed by atoms with Crippen LogP contribution in [0, 0.1) is 0 Å². The molecule has 3 aliphatic heterocycles. The van der Waals surface area contributed by atoms with Crippen LogP contribution in [0.15, 0.2) is 12.1 Å². The van der Waals surface area contributed by atoms with Gasteiger partial charge in [-0.1, -0.05) is 0 Å². The van der Waals surface area contributed by atoms with Gasteiger partial charge in [-0.15, -0.1) is 0 Å². The van der Waals surface area contributed by atoms with Gasteiger partial charge >= 0.3 is 0 Å². The van der Waals surface area contributed by atoms with E-state index in [2.05, 4.69) is 0 Å². The lowest BCUT2D eigenvalue weighted by atomic mass is 9.96. The van der Waals surface area contributed by atoms with Crippen LogP contribution in [0.25, 0.3) is 0 Å². The van der Waals surface area contributed by atoms with E-state index in [1.54, 1.807) is 0 Å². The number of ether oxygens (including phenoxy) is 1. The lowest BCUT2D eigenvalue weighted by molar-refractivity contribution is -0.118. The molecule has 0 aromatic heterocycles. The Morgan fingerprint density at radius 2 is 1.71 bits per heavy atom. The van der Waals surface area contributed by atoms with E-state index in [0.717, 1.165) is 41.8 Å². The third kappa shape index (κ3) is 2.03. The topological polar surface area (TPSA) is 49.9 Å². The molecule has 0 unspecified atom stereocenters. The van der Waals surface area contributed by atoms with Gasteiger partial charge in [-0.3, -0.25) is 9.59 Å². The molecule has 1 saturated heterocycles. The molecule has 2 amide bonds. The Hall–Kier alpha value is -1.88. The van der Waals surface area contributed by atoms with Gasteiger partial charge in [0.25, 0.3) is 5.91 Å². The standard InChI is InChI=1S/C16H18N2O3/c19-14-2-1-11-9-13(10-12-3-4-18(14)15(11)12)16(20)17-5-7-21-8-6-17/h9-10H,1-8H2. The van der Waals surface area contributed by atoms with Gasteiger partial charge in [0.15, 0.2) is 0 Å². The molecule has 0 spiro atoms. The maximum atomic E-state index is 12.6. The molecule has 5 heteroatoms. The number of rotatable bonds is 1. The van der Waals surface area contributed by atoms with E-state index in [0.29, 0.717) is 32.7 Å². The third-order valence-electron chi connectivity index (χ3n) is 4.60. The average molecular weight is 286 g/mol. The van der Waals surface area contributed by atoms with Crippen LogP contribution in [-0.2, 0) is 22.4 Å². The van der Waals surface area contributed by atoms with Crippen molar-refractivity contribution in [3.05, 3.63) is 28.8 Å². The van der Waals surface area contributed by atoms with Crippen LogP contribution in [-0.4, -0.2) is 49.6 Å². The predicted octanol–water partition coefficient (Wildman–Crippen LogP) is 0.994. The summed E-state index contributed by atoms with van der Waals surface area (Å²) in [6, 6.07) is 3.97. The molecule has 0 radical (unpaired) electrons. The lowest BCUT2D eigenvalue weighted by Gasteiger charge is -2.28. The van der Waals surface area contributed by atoms with Crippen LogP contribution in [0.5, 0.6) is 0 Å². The molecule has 1 aromatic rings. The van der Waals surface area contributed by atoms with Gasteiger partial charge in [-0.2, -0.15) is 0 Å². The number of aryl methyl sites for hydroxylation is 1. The summed E-state index contributed by atoms with van der Waals surface area (Å²) in [6.07, 6.45) is 2.17. The monoisotopic (exact) mass is 286 g/mol. The Morgan fingerprint density at radius 1 is 1.00 bits per heavy atom. The molecule has 21 heavy (non-hydrogen) atoms. The maximum absolute atomic E-state index is 12.6. The molecule has 5 nitrogen and oxygen atoms in total. The first-order valence-electron chi connectivity index (χ1n) is 7.57. The van der Waals surface area contributed by atoms with E-state index in [-0.39, 0.29) is 11.8 Å². The molecule has 0 saturated carbocycles. The van der Waals surface area contributed by atoms with Crippen LogP contribution in [0.1, 0.15) is 27.9 Å². The fourth-order valence-corrected chi connectivity index (χ4v) is 3.53. The van der Waals surface area contributed by atoms with Gasteiger partial charge in [0.1, 0.15) is 0 Å². The summed E-state index contributed by atoms with van der Waals surface area (Å²) >= 11 is 0. The lowest BCUT2D eigenvalue weighted by Crippen LogP contribution is -2.40. The van der Waals surface area contributed by atoms with Gasteiger partial charge < -0.3 is 14.5 Å². The van der Waals surface area contributed by atoms with E-state index in [9.17, 15) is 9.59 Å². The largest absolute Gasteiger partial charge is 0.378 e. The summed E-state index contributed by atoms with van der Waals surface area (Å²) in [4.78, 5) is 28.3. The smallest absolute Gasteiger partial charge is 0.254 e. The number of amides is 2. The highest BCUT2D eigenvalue weighted by Gasteiger charge is 2.32. The molecule has 3 aliphatic rings. The zero-order valence-corrected chi connectivity index (χ0v) is 11.9. The Labute approximate surface area is 123 Å². The quantitative estimate of drug-likeness (QED) is 0.773. The minimum atomic E-state index is 0.0905. The fraction of sp³-hybridized carbons (Fsp3) is 0.500. The maximum Gasteiger partial charge on any atom is 0.254 e. The van der Waals surface area contributed by atoms with Crippen molar-refractivity contribution in [3.63, 3.8) is 0 Å². The second-order valence-electron chi connectivity index (χ2n) is 5.84. The first kappa shape index (κ1) is 12.8. The Morgan fingerprint density at radius 3 is 2.48 bits per heavy atom. The van der Waals surface area contributed by atoms with Gasteiger partial charge in [0, 0.05) is 31.6 Å². The van der Waals surface area contributed by atoms with Crippen molar-refractivity contribution in [3.8, 4) is 0 Å². The van der Waals surface area contributed by atoms with Crippen molar-refractivity contribution >= 4 is 17.5 Å². The average Bonchev–Trinajstić information content (AvgIpc) is 2.96. The molecular formula is C16H18N2O3. The summed E-state index contributed by atoms with van der Waals surface area (Å²) in [7, 11) is 0. The number of hydrogen-bond donors (Lipinski definition) is 0. The summed E-state index contributed by atoms with van der Waals surface area (Å²) < 4.78 is 5.30. The second kappa shape index (κ2) is 4.84. The molecule has 3 heterocycles. The Kier molecular flexibility index (Phi) is 2.96. The summed E-state index contributed by atoms with van der Waals surface area (Å²) in [5, 5.41) is 0. The van der Waals surface area contributed by atoms with E-state index < -0.39 is 0 Å². The van der Waals surface area contributed by atoms with E-state index in [1.807, 2.05) is 21.9 Å². The van der Waals surface area contributed by atoms with E-state index >= 15 is 0 Å². The highest BCUT2D eigenvalue weighted by Crippen LogP contribution is 2.37. The predicted molar refractivity (Wildman–Crippen MR) is 77.5 cm³/mol. The number of carbonyl (C=O) groups is 2. The normalized spacial score (nSPS) is 20.7. The summed E-state index contributed by atoms with van der Waals surface area (Å²) in [5.41, 5.74) is 4.14. The number of morpholine rings is 1. The number of benzene rings is 1. The highest BCUT2D eigenvalue weighted by atomic mass is 16.5. The van der Waals surface area contributed by atoms with Gasteiger partial charge in [-0.05, 0) is 36.1 Å². The number of carbonyl (C=O) groups excluding carboxylic acids is 2. The second-order valence-corrected chi connectivity index (χ2v) is 5.84. The van der Waals surface area contributed by atoms with Crippen molar-refractivity contribution in [1.82, 2.24) is 4.90 Å². The van der Waals surface area contributed by atoms with Gasteiger partial charge in [0.05, 0.1) is 18.9 Å². The number of anilines is 1. The molecule has 110 valence electrons. The third-order valence-corrected chi connectivity index (χ3v) is 4.60. The first-order chi connectivity index (χ1) is 10.2. The van der Waals surface area contributed by atoms with Crippen molar-refractivity contribution in [2.45, 2.75) is 19.3 Å². The molecule has 0 atom stereocenters. The zero-order valence-electron chi connectivity index (χ0n) is 11.9. The minimum absolute atomic E-state index is 0.0905. The molecule has 0 N–H and O–H groups in total. The Bertz CT molecular complexity index is 620. The van der Waals surface area contributed by atoms with Crippen molar-refractivity contribution in [1.29, 1.82) is 0 Å². The van der Waals surface area contributed by atoms with Crippen LogP contribution < -0.4 is 4.90 Å². The van der Waals surface area contributed by atoms with Crippen molar-refractivity contribution < 1.29 is 14.3 Å². The number of hydrogen-bond acceptors (Lipinski definition) is 3. The van der Waals surface area contributed by atoms with Crippen molar-refractivity contribution in [2.24, 2.45) is 0 Å². The number of nitrogens with zero attached hydrogens (tertiary/aromatic N) is 2. The minimum Gasteiger partial charge on any atom is -0.378 e. The Balaban J connectivity index is 1.69. The van der Waals surface area contributed by atoms with E-state index in [4.69, 9.17) is 4.74 Å². The van der Waals surface area contributed by atoms with Crippen molar-refractivity contribution in [2.75, 3.05) is 37.7 Å².